The molecule has 0 saturated heterocycles. The second-order valence-electron chi connectivity index (χ2n) is 5.44. The van der Waals surface area contributed by atoms with E-state index in [1.54, 1.807) is 0 Å². The molecule has 2 N–H and O–H groups in total. The molecule has 1 heterocycles. The standard InChI is InChI=1S/C14H23N3/c1-10(2)9-17(13-4-5-13)14-6-11(3)16-8-12(14)7-15/h6,8,10,13H,4-5,7,9,15H2,1-3H3. The Labute approximate surface area is 104 Å². The lowest BCUT2D eigenvalue weighted by Crippen LogP contribution is -2.31. The van der Waals surface area contributed by atoms with Gasteiger partial charge in [-0.3, -0.25) is 4.98 Å². The summed E-state index contributed by atoms with van der Waals surface area (Å²) in [6.07, 6.45) is 4.57. The molecule has 1 aromatic rings. The smallest absolute Gasteiger partial charge is 0.0448 e. The van der Waals surface area contributed by atoms with Crippen molar-refractivity contribution >= 4 is 5.69 Å². The Hall–Kier alpha value is -1.09. The Morgan fingerprint density at radius 3 is 2.71 bits per heavy atom. The predicted octanol–water partition coefficient (Wildman–Crippen LogP) is 2.47. The lowest BCUT2D eigenvalue weighted by Gasteiger charge is -2.28. The number of rotatable bonds is 5. The zero-order chi connectivity index (χ0) is 12.4. The molecule has 1 aliphatic rings. The Morgan fingerprint density at radius 1 is 1.47 bits per heavy atom. The molecular weight excluding hydrogens is 210 g/mol. The molecule has 3 heteroatoms. The van der Waals surface area contributed by atoms with E-state index in [1.807, 2.05) is 13.1 Å². The Kier molecular flexibility index (Phi) is 3.67. The first-order valence-corrected chi connectivity index (χ1v) is 6.54. The summed E-state index contributed by atoms with van der Waals surface area (Å²) in [5, 5.41) is 0. The lowest BCUT2D eigenvalue weighted by molar-refractivity contribution is 0.605. The molecule has 0 aromatic carbocycles. The molecular formula is C14H23N3. The highest BCUT2D eigenvalue weighted by Gasteiger charge is 2.30. The number of pyridine rings is 1. The highest BCUT2D eigenvalue weighted by molar-refractivity contribution is 5.55. The second kappa shape index (κ2) is 5.05. The van der Waals surface area contributed by atoms with E-state index >= 15 is 0 Å². The molecule has 1 aromatic heterocycles. The molecule has 0 aliphatic heterocycles. The number of aryl methyl sites for hydroxylation is 1. The van der Waals surface area contributed by atoms with Gasteiger partial charge in [-0.05, 0) is 31.7 Å². The molecule has 1 aliphatic carbocycles. The average molecular weight is 233 g/mol. The summed E-state index contributed by atoms with van der Waals surface area (Å²) in [6.45, 7) is 8.27. The van der Waals surface area contributed by atoms with Crippen molar-refractivity contribution in [2.75, 3.05) is 11.4 Å². The van der Waals surface area contributed by atoms with E-state index < -0.39 is 0 Å². The summed E-state index contributed by atoms with van der Waals surface area (Å²) >= 11 is 0. The molecule has 0 spiro atoms. The van der Waals surface area contributed by atoms with Crippen molar-refractivity contribution < 1.29 is 0 Å². The Bertz CT molecular complexity index is 383. The zero-order valence-electron chi connectivity index (χ0n) is 11.1. The predicted molar refractivity (Wildman–Crippen MR) is 72.1 cm³/mol. The van der Waals surface area contributed by atoms with E-state index in [2.05, 4.69) is 29.8 Å². The Morgan fingerprint density at radius 2 is 2.18 bits per heavy atom. The molecule has 0 radical (unpaired) electrons. The highest BCUT2D eigenvalue weighted by atomic mass is 15.2. The van der Waals surface area contributed by atoms with E-state index in [-0.39, 0.29) is 0 Å². The van der Waals surface area contributed by atoms with Gasteiger partial charge in [0.05, 0.1) is 0 Å². The first kappa shape index (κ1) is 12.4. The van der Waals surface area contributed by atoms with Crippen LogP contribution in [0.1, 0.15) is 37.9 Å². The van der Waals surface area contributed by atoms with Gasteiger partial charge in [-0.15, -0.1) is 0 Å². The van der Waals surface area contributed by atoms with Crippen LogP contribution in [0, 0.1) is 12.8 Å². The van der Waals surface area contributed by atoms with Crippen molar-refractivity contribution in [3.05, 3.63) is 23.5 Å². The van der Waals surface area contributed by atoms with E-state index in [0.29, 0.717) is 12.5 Å². The SMILES string of the molecule is Cc1cc(N(CC(C)C)C2CC2)c(CN)cn1. The van der Waals surface area contributed by atoms with Crippen LogP contribution in [0.3, 0.4) is 0 Å². The molecule has 0 unspecified atom stereocenters. The van der Waals surface area contributed by atoms with Gasteiger partial charge in [0.2, 0.25) is 0 Å². The van der Waals surface area contributed by atoms with Gasteiger partial charge in [0.25, 0.3) is 0 Å². The molecule has 94 valence electrons. The van der Waals surface area contributed by atoms with Crippen LogP contribution in [0.4, 0.5) is 5.69 Å². The van der Waals surface area contributed by atoms with Gasteiger partial charge in [0.15, 0.2) is 0 Å². The van der Waals surface area contributed by atoms with E-state index in [4.69, 9.17) is 5.73 Å². The van der Waals surface area contributed by atoms with Crippen LogP contribution in [0.5, 0.6) is 0 Å². The average Bonchev–Trinajstić information content (AvgIpc) is 3.09. The largest absolute Gasteiger partial charge is 0.368 e. The molecule has 1 fully saturated rings. The number of hydrogen-bond acceptors (Lipinski definition) is 3. The van der Waals surface area contributed by atoms with Crippen LogP contribution in [0.25, 0.3) is 0 Å². The molecule has 3 nitrogen and oxygen atoms in total. The van der Waals surface area contributed by atoms with Crippen molar-refractivity contribution in [1.29, 1.82) is 0 Å². The van der Waals surface area contributed by atoms with E-state index in [0.717, 1.165) is 18.3 Å². The quantitative estimate of drug-likeness (QED) is 0.849. The third-order valence-corrected chi connectivity index (χ3v) is 3.18. The first-order chi connectivity index (χ1) is 8.11. The molecule has 17 heavy (non-hydrogen) atoms. The molecule has 0 atom stereocenters. The number of nitrogens with zero attached hydrogens (tertiary/aromatic N) is 2. The maximum absolute atomic E-state index is 5.82. The van der Waals surface area contributed by atoms with Crippen LogP contribution in [0.2, 0.25) is 0 Å². The third kappa shape index (κ3) is 2.97. The number of nitrogens with two attached hydrogens (primary N) is 1. The summed E-state index contributed by atoms with van der Waals surface area (Å²) in [6, 6.07) is 2.91. The number of anilines is 1. The third-order valence-electron chi connectivity index (χ3n) is 3.18. The van der Waals surface area contributed by atoms with E-state index in [1.165, 1.54) is 24.1 Å². The summed E-state index contributed by atoms with van der Waals surface area (Å²) in [7, 11) is 0. The minimum atomic E-state index is 0.573. The normalized spacial score (nSPS) is 15.4. The summed E-state index contributed by atoms with van der Waals surface area (Å²) in [5.41, 5.74) is 9.37. The number of aromatic nitrogens is 1. The van der Waals surface area contributed by atoms with Crippen LogP contribution in [-0.2, 0) is 6.54 Å². The van der Waals surface area contributed by atoms with Crippen molar-refractivity contribution in [2.24, 2.45) is 11.7 Å². The zero-order valence-corrected chi connectivity index (χ0v) is 11.1. The van der Waals surface area contributed by atoms with Crippen molar-refractivity contribution in [3.63, 3.8) is 0 Å². The first-order valence-electron chi connectivity index (χ1n) is 6.54. The van der Waals surface area contributed by atoms with Crippen molar-refractivity contribution in [3.8, 4) is 0 Å². The van der Waals surface area contributed by atoms with Gasteiger partial charge in [-0.1, -0.05) is 13.8 Å². The summed E-state index contributed by atoms with van der Waals surface area (Å²) in [5.74, 6) is 0.676. The van der Waals surface area contributed by atoms with Gasteiger partial charge in [0, 0.05) is 42.3 Å². The minimum Gasteiger partial charge on any atom is -0.368 e. The van der Waals surface area contributed by atoms with Crippen LogP contribution < -0.4 is 10.6 Å². The van der Waals surface area contributed by atoms with Gasteiger partial charge >= 0.3 is 0 Å². The van der Waals surface area contributed by atoms with Crippen molar-refractivity contribution in [2.45, 2.75) is 46.2 Å². The minimum absolute atomic E-state index is 0.573. The molecule has 1 saturated carbocycles. The van der Waals surface area contributed by atoms with Gasteiger partial charge < -0.3 is 10.6 Å². The van der Waals surface area contributed by atoms with Gasteiger partial charge in [-0.25, -0.2) is 0 Å². The number of hydrogen-bond donors (Lipinski definition) is 1. The molecule has 2 rings (SSSR count). The van der Waals surface area contributed by atoms with Crippen LogP contribution in [-0.4, -0.2) is 17.6 Å². The summed E-state index contributed by atoms with van der Waals surface area (Å²) in [4.78, 5) is 6.87. The van der Waals surface area contributed by atoms with Gasteiger partial charge in [0.1, 0.15) is 0 Å². The fourth-order valence-electron chi connectivity index (χ4n) is 2.22. The fraction of sp³-hybridized carbons (Fsp3) is 0.643. The van der Waals surface area contributed by atoms with Crippen LogP contribution in [0.15, 0.2) is 12.3 Å². The molecule has 0 bridgehead atoms. The highest BCUT2D eigenvalue weighted by Crippen LogP contribution is 2.34. The lowest BCUT2D eigenvalue weighted by atomic mass is 10.1. The summed E-state index contributed by atoms with van der Waals surface area (Å²) < 4.78 is 0. The fourth-order valence-corrected chi connectivity index (χ4v) is 2.22. The Balaban J connectivity index is 2.30. The monoisotopic (exact) mass is 233 g/mol. The van der Waals surface area contributed by atoms with Gasteiger partial charge in [-0.2, -0.15) is 0 Å². The maximum Gasteiger partial charge on any atom is 0.0448 e. The van der Waals surface area contributed by atoms with E-state index in [9.17, 15) is 0 Å². The maximum atomic E-state index is 5.82. The van der Waals surface area contributed by atoms with Crippen LogP contribution >= 0.6 is 0 Å². The van der Waals surface area contributed by atoms with Crippen molar-refractivity contribution in [1.82, 2.24) is 4.98 Å². The second-order valence-corrected chi connectivity index (χ2v) is 5.44. The molecule has 0 amide bonds. The topological polar surface area (TPSA) is 42.1 Å².